The maximum absolute atomic E-state index is 12.2. The first-order chi connectivity index (χ1) is 12.1. The maximum Gasteiger partial charge on any atom is 0.322 e. The zero-order valence-corrected chi connectivity index (χ0v) is 13.0. The first kappa shape index (κ1) is 16.1. The van der Waals surface area contributed by atoms with E-state index in [4.69, 9.17) is 9.15 Å². The molecule has 0 saturated carbocycles. The Morgan fingerprint density at radius 2 is 2.00 bits per heavy atom. The Balaban J connectivity index is 1.80. The summed E-state index contributed by atoms with van der Waals surface area (Å²) < 4.78 is 10.6. The summed E-state index contributed by atoms with van der Waals surface area (Å²) in [4.78, 5) is 22.4. The van der Waals surface area contributed by atoms with Gasteiger partial charge in [-0.25, -0.2) is 0 Å². The fraction of sp³-hybridized carbons (Fsp3) is 0.0625. The topological polar surface area (TPSA) is 120 Å². The molecule has 0 spiro atoms. The molecule has 25 heavy (non-hydrogen) atoms. The van der Waals surface area contributed by atoms with Crippen molar-refractivity contribution in [2.24, 2.45) is 0 Å². The van der Waals surface area contributed by atoms with Crippen LogP contribution in [0.4, 0.5) is 11.7 Å². The molecule has 0 saturated heterocycles. The first-order valence-corrected chi connectivity index (χ1v) is 7.11. The van der Waals surface area contributed by atoms with Crippen LogP contribution in [0.5, 0.6) is 5.75 Å². The number of amides is 1. The van der Waals surface area contributed by atoms with Gasteiger partial charge in [-0.15, -0.1) is 5.10 Å². The van der Waals surface area contributed by atoms with E-state index in [2.05, 4.69) is 15.5 Å². The van der Waals surface area contributed by atoms with Gasteiger partial charge < -0.3 is 9.15 Å². The van der Waals surface area contributed by atoms with E-state index in [1.54, 1.807) is 24.3 Å². The molecule has 2 aromatic carbocycles. The number of carbonyl (C=O) groups excluding carboxylic acids is 1. The molecule has 0 unspecified atom stereocenters. The normalized spacial score (nSPS) is 10.3. The summed E-state index contributed by atoms with van der Waals surface area (Å²) in [5.41, 5.74) is 0.493. The number of anilines is 1. The lowest BCUT2D eigenvalue weighted by Gasteiger charge is -2.03. The molecule has 3 rings (SSSR count). The highest BCUT2D eigenvalue weighted by molar-refractivity contribution is 6.03. The lowest BCUT2D eigenvalue weighted by Crippen LogP contribution is -2.12. The van der Waals surface area contributed by atoms with Crippen molar-refractivity contribution in [2.45, 2.75) is 0 Å². The van der Waals surface area contributed by atoms with E-state index in [1.165, 1.54) is 25.3 Å². The highest BCUT2D eigenvalue weighted by Crippen LogP contribution is 2.29. The van der Waals surface area contributed by atoms with E-state index in [0.29, 0.717) is 11.3 Å². The Hall–Kier alpha value is -3.75. The quantitative estimate of drug-likeness (QED) is 0.560. The zero-order chi connectivity index (χ0) is 17.8. The van der Waals surface area contributed by atoms with Gasteiger partial charge in [0.15, 0.2) is 0 Å². The Morgan fingerprint density at radius 1 is 1.20 bits per heavy atom. The SMILES string of the molecule is COc1ccccc1-c1nnc(NC(=O)c2cccc([N+](=O)[O-])c2)o1. The molecular formula is C16H12N4O5. The predicted octanol–water partition coefficient (Wildman–Crippen LogP) is 2.91. The molecule has 1 amide bonds. The average molecular weight is 340 g/mol. The third kappa shape index (κ3) is 3.44. The maximum atomic E-state index is 12.2. The van der Waals surface area contributed by atoms with Gasteiger partial charge in [0.25, 0.3) is 17.5 Å². The van der Waals surface area contributed by atoms with Crippen LogP contribution in [-0.2, 0) is 0 Å². The minimum atomic E-state index is -0.598. The lowest BCUT2D eigenvalue weighted by molar-refractivity contribution is -0.384. The van der Waals surface area contributed by atoms with Crippen LogP contribution < -0.4 is 10.1 Å². The van der Waals surface area contributed by atoms with Crippen LogP contribution in [0.15, 0.2) is 52.9 Å². The van der Waals surface area contributed by atoms with Gasteiger partial charge in [-0.2, -0.15) is 0 Å². The van der Waals surface area contributed by atoms with Crippen LogP contribution in [0.2, 0.25) is 0 Å². The molecule has 0 radical (unpaired) electrons. The molecule has 0 aliphatic carbocycles. The van der Waals surface area contributed by atoms with E-state index >= 15 is 0 Å². The van der Waals surface area contributed by atoms with Gasteiger partial charge in [0.05, 0.1) is 17.6 Å². The second-order valence-electron chi connectivity index (χ2n) is 4.87. The molecule has 0 aliphatic heterocycles. The molecule has 9 nitrogen and oxygen atoms in total. The Morgan fingerprint density at radius 3 is 2.76 bits per heavy atom. The van der Waals surface area contributed by atoms with Gasteiger partial charge in [0, 0.05) is 17.7 Å². The van der Waals surface area contributed by atoms with Crippen LogP contribution >= 0.6 is 0 Å². The smallest absolute Gasteiger partial charge is 0.322 e. The molecule has 1 N–H and O–H groups in total. The van der Waals surface area contributed by atoms with Crippen LogP contribution in [0.3, 0.4) is 0 Å². The van der Waals surface area contributed by atoms with E-state index in [0.717, 1.165) is 6.07 Å². The lowest BCUT2D eigenvalue weighted by atomic mass is 10.2. The number of aromatic nitrogens is 2. The van der Waals surface area contributed by atoms with Crippen molar-refractivity contribution >= 4 is 17.6 Å². The van der Waals surface area contributed by atoms with Crippen LogP contribution in [-0.4, -0.2) is 28.1 Å². The van der Waals surface area contributed by atoms with Crippen LogP contribution in [0, 0.1) is 10.1 Å². The van der Waals surface area contributed by atoms with Crippen LogP contribution in [0.25, 0.3) is 11.5 Å². The summed E-state index contributed by atoms with van der Waals surface area (Å²) in [6.45, 7) is 0. The van der Waals surface area contributed by atoms with Crippen molar-refractivity contribution < 1.29 is 18.9 Å². The molecule has 0 aliphatic rings. The second-order valence-corrected chi connectivity index (χ2v) is 4.87. The molecule has 1 heterocycles. The molecule has 1 aromatic heterocycles. The summed E-state index contributed by atoms with van der Waals surface area (Å²) in [6, 6.07) is 12.2. The summed E-state index contributed by atoms with van der Waals surface area (Å²) in [7, 11) is 1.51. The number of para-hydroxylation sites is 1. The number of rotatable bonds is 5. The number of hydrogen-bond acceptors (Lipinski definition) is 7. The Labute approximate surface area is 141 Å². The van der Waals surface area contributed by atoms with Gasteiger partial charge in [-0.1, -0.05) is 23.3 Å². The number of carbonyl (C=O) groups is 1. The number of methoxy groups -OCH3 is 1. The van der Waals surface area contributed by atoms with Crippen molar-refractivity contribution in [3.8, 4) is 17.2 Å². The number of non-ortho nitro benzene ring substituents is 1. The molecule has 0 bridgehead atoms. The highest BCUT2D eigenvalue weighted by atomic mass is 16.6. The van der Waals surface area contributed by atoms with E-state index < -0.39 is 10.8 Å². The van der Waals surface area contributed by atoms with E-state index in [9.17, 15) is 14.9 Å². The summed E-state index contributed by atoms with van der Waals surface area (Å²) in [5, 5.41) is 20.8. The standard InChI is InChI=1S/C16H12N4O5/c1-24-13-8-3-2-7-12(13)15-18-19-16(25-15)17-14(21)10-5-4-6-11(9-10)20(22)23/h2-9H,1H3,(H,17,19,21). The highest BCUT2D eigenvalue weighted by Gasteiger charge is 2.16. The number of benzene rings is 2. The van der Waals surface area contributed by atoms with Gasteiger partial charge in [-0.05, 0) is 18.2 Å². The minimum Gasteiger partial charge on any atom is -0.496 e. The number of nitrogens with one attached hydrogen (secondary N) is 1. The second kappa shape index (κ2) is 6.79. The van der Waals surface area contributed by atoms with Crippen molar-refractivity contribution in [3.63, 3.8) is 0 Å². The molecule has 126 valence electrons. The van der Waals surface area contributed by atoms with Gasteiger partial charge in [0.1, 0.15) is 5.75 Å². The average Bonchev–Trinajstić information content (AvgIpc) is 3.10. The van der Waals surface area contributed by atoms with Crippen molar-refractivity contribution in [2.75, 3.05) is 12.4 Å². The monoisotopic (exact) mass is 340 g/mol. The molecule has 0 atom stereocenters. The summed E-state index contributed by atoms with van der Waals surface area (Å²) >= 11 is 0. The van der Waals surface area contributed by atoms with Crippen molar-refractivity contribution in [3.05, 3.63) is 64.2 Å². The largest absolute Gasteiger partial charge is 0.496 e. The van der Waals surface area contributed by atoms with Crippen molar-refractivity contribution in [1.29, 1.82) is 0 Å². The Kier molecular flexibility index (Phi) is 4.38. The summed E-state index contributed by atoms with van der Waals surface area (Å²) in [5.74, 6) is 0.119. The van der Waals surface area contributed by atoms with E-state index in [-0.39, 0.29) is 23.2 Å². The predicted molar refractivity (Wildman–Crippen MR) is 87.3 cm³/mol. The number of hydrogen-bond donors (Lipinski definition) is 1. The first-order valence-electron chi connectivity index (χ1n) is 7.11. The number of nitro benzene ring substituents is 1. The van der Waals surface area contributed by atoms with Crippen LogP contribution in [0.1, 0.15) is 10.4 Å². The van der Waals surface area contributed by atoms with Gasteiger partial charge in [-0.3, -0.25) is 20.2 Å². The van der Waals surface area contributed by atoms with Gasteiger partial charge >= 0.3 is 6.01 Å². The number of ether oxygens (including phenoxy) is 1. The number of nitrogens with zero attached hydrogens (tertiary/aromatic N) is 3. The third-order valence-corrected chi connectivity index (χ3v) is 3.30. The number of nitro groups is 1. The van der Waals surface area contributed by atoms with Gasteiger partial charge in [0.2, 0.25) is 0 Å². The third-order valence-electron chi connectivity index (χ3n) is 3.30. The summed E-state index contributed by atoms with van der Waals surface area (Å²) in [6.07, 6.45) is 0. The molecule has 0 fully saturated rings. The molecule has 9 heteroatoms. The van der Waals surface area contributed by atoms with E-state index in [1.807, 2.05) is 0 Å². The fourth-order valence-corrected chi connectivity index (χ4v) is 2.13. The van der Waals surface area contributed by atoms with Crippen molar-refractivity contribution in [1.82, 2.24) is 10.2 Å². The zero-order valence-electron chi connectivity index (χ0n) is 13.0. The Bertz CT molecular complexity index is 938. The molecule has 3 aromatic rings. The fourth-order valence-electron chi connectivity index (χ4n) is 2.13. The molecular weight excluding hydrogens is 328 g/mol. The minimum absolute atomic E-state index is 0.103.